The van der Waals surface area contributed by atoms with Crippen LogP contribution in [0.25, 0.3) is 0 Å². The molecule has 2 rings (SSSR count). The van der Waals surface area contributed by atoms with E-state index in [2.05, 4.69) is 17.2 Å². The number of amides is 1. The number of carbonyl (C=O) groups excluding carboxylic acids is 1. The molecule has 1 amide bonds. The lowest BCUT2D eigenvalue weighted by Crippen LogP contribution is -2.26. The third-order valence-electron chi connectivity index (χ3n) is 3.35. The number of thioether (sulfide) groups is 1. The lowest BCUT2D eigenvalue weighted by Gasteiger charge is -2.11. The van der Waals surface area contributed by atoms with Crippen molar-refractivity contribution < 1.29 is 14.7 Å². The first-order chi connectivity index (χ1) is 11.5. The smallest absolute Gasteiger partial charge is 0.316 e. The molecule has 0 fully saturated rings. The molecule has 1 unspecified atom stereocenters. The van der Waals surface area contributed by atoms with E-state index < -0.39 is 11.2 Å². The van der Waals surface area contributed by atoms with Gasteiger partial charge in [0, 0.05) is 23.2 Å². The molecule has 1 aromatic heterocycles. The number of hydrogen-bond acceptors (Lipinski definition) is 5. The summed E-state index contributed by atoms with van der Waals surface area (Å²) in [5.41, 5.74) is 1.49. The molecule has 0 spiro atoms. The molecule has 7 heteroatoms. The first-order valence-corrected chi connectivity index (χ1v) is 9.47. The van der Waals surface area contributed by atoms with Gasteiger partial charge in [0.15, 0.2) is 0 Å². The molecule has 0 bridgehead atoms. The average molecular weight is 364 g/mol. The first kappa shape index (κ1) is 18.5. The van der Waals surface area contributed by atoms with Gasteiger partial charge in [-0.05, 0) is 25.5 Å². The fourth-order valence-electron chi connectivity index (χ4n) is 2.02. The van der Waals surface area contributed by atoms with Crippen LogP contribution in [0.1, 0.15) is 34.9 Å². The topological polar surface area (TPSA) is 79.3 Å². The molecule has 5 nitrogen and oxygen atoms in total. The van der Waals surface area contributed by atoms with Crippen LogP contribution < -0.4 is 5.32 Å². The van der Waals surface area contributed by atoms with Gasteiger partial charge in [0.1, 0.15) is 5.25 Å². The summed E-state index contributed by atoms with van der Waals surface area (Å²) in [6.45, 7) is 4.17. The molecule has 1 aromatic carbocycles. The number of carbonyl (C=O) groups is 2. The van der Waals surface area contributed by atoms with Crippen molar-refractivity contribution in [2.75, 3.05) is 6.54 Å². The molecular weight excluding hydrogens is 344 g/mol. The van der Waals surface area contributed by atoms with E-state index in [4.69, 9.17) is 5.11 Å². The SMILES string of the molecule is CCc1nc(CCNC(=O)c2ccccc2SC(C)C(=O)O)cs1. The Morgan fingerprint density at radius 3 is 2.79 bits per heavy atom. The molecule has 24 heavy (non-hydrogen) atoms. The van der Waals surface area contributed by atoms with E-state index in [1.54, 1.807) is 42.5 Å². The van der Waals surface area contributed by atoms with Crippen molar-refractivity contribution in [1.82, 2.24) is 10.3 Å². The van der Waals surface area contributed by atoms with Crippen LogP contribution in [0.2, 0.25) is 0 Å². The van der Waals surface area contributed by atoms with Crippen molar-refractivity contribution in [2.24, 2.45) is 0 Å². The van der Waals surface area contributed by atoms with Crippen LogP contribution in [-0.4, -0.2) is 33.8 Å². The lowest BCUT2D eigenvalue weighted by molar-refractivity contribution is -0.136. The minimum Gasteiger partial charge on any atom is -0.480 e. The molecule has 1 heterocycles. The van der Waals surface area contributed by atoms with Crippen LogP contribution in [0.5, 0.6) is 0 Å². The fraction of sp³-hybridized carbons (Fsp3) is 0.353. The molecule has 0 radical (unpaired) electrons. The van der Waals surface area contributed by atoms with Gasteiger partial charge in [0.05, 0.1) is 16.3 Å². The van der Waals surface area contributed by atoms with Gasteiger partial charge in [-0.25, -0.2) is 4.98 Å². The van der Waals surface area contributed by atoms with Crippen LogP contribution in [0.15, 0.2) is 34.5 Å². The second-order valence-corrected chi connectivity index (χ2v) is 7.51. The van der Waals surface area contributed by atoms with Gasteiger partial charge in [-0.3, -0.25) is 9.59 Å². The molecule has 0 saturated carbocycles. The molecule has 2 N–H and O–H groups in total. The highest BCUT2D eigenvalue weighted by molar-refractivity contribution is 8.00. The molecule has 2 aromatic rings. The number of thiazole rings is 1. The Morgan fingerprint density at radius 2 is 2.12 bits per heavy atom. The van der Waals surface area contributed by atoms with Gasteiger partial charge >= 0.3 is 5.97 Å². The zero-order valence-electron chi connectivity index (χ0n) is 13.6. The van der Waals surface area contributed by atoms with E-state index in [0.29, 0.717) is 23.4 Å². The number of nitrogens with one attached hydrogen (secondary N) is 1. The highest BCUT2D eigenvalue weighted by Gasteiger charge is 2.17. The number of carboxylic acid groups (broad SMARTS) is 1. The Balaban J connectivity index is 1.95. The monoisotopic (exact) mass is 364 g/mol. The average Bonchev–Trinajstić information content (AvgIpc) is 3.03. The van der Waals surface area contributed by atoms with E-state index in [1.165, 1.54) is 11.8 Å². The molecular formula is C17H20N2O3S2. The number of aliphatic carboxylic acids is 1. The predicted octanol–water partition coefficient (Wildman–Crippen LogP) is 3.24. The number of aryl methyl sites for hydroxylation is 1. The summed E-state index contributed by atoms with van der Waals surface area (Å²) in [5, 5.41) is 14.4. The van der Waals surface area contributed by atoms with Crippen LogP contribution in [0.4, 0.5) is 0 Å². The van der Waals surface area contributed by atoms with Gasteiger partial charge in [-0.2, -0.15) is 0 Å². The predicted molar refractivity (Wildman–Crippen MR) is 96.9 cm³/mol. The summed E-state index contributed by atoms with van der Waals surface area (Å²) in [5.74, 6) is -1.09. The summed E-state index contributed by atoms with van der Waals surface area (Å²) >= 11 is 2.81. The van der Waals surface area contributed by atoms with Crippen molar-refractivity contribution in [1.29, 1.82) is 0 Å². The Morgan fingerprint density at radius 1 is 1.38 bits per heavy atom. The van der Waals surface area contributed by atoms with Gasteiger partial charge < -0.3 is 10.4 Å². The maximum Gasteiger partial charge on any atom is 0.316 e. The number of hydrogen-bond donors (Lipinski definition) is 2. The normalized spacial score (nSPS) is 11.9. The molecule has 0 aliphatic carbocycles. The second-order valence-electron chi connectivity index (χ2n) is 5.19. The largest absolute Gasteiger partial charge is 0.480 e. The van der Waals surface area contributed by atoms with Crippen molar-refractivity contribution in [3.05, 3.63) is 45.9 Å². The molecule has 0 aliphatic heterocycles. The maximum absolute atomic E-state index is 12.4. The minimum absolute atomic E-state index is 0.193. The van der Waals surface area contributed by atoms with Gasteiger partial charge in [-0.15, -0.1) is 23.1 Å². The number of benzene rings is 1. The van der Waals surface area contributed by atoms with Crippen LogP contribution >= 0.6 is 23.1 Å². The van der Waals surface area contributed by atoms with Crippen molar-refractivity contribution in [2.45, 2.75) is 36.8 Å². The zero-order valence-corrected chi connectivity index (χ0v) is 15.2. The maximum atomic E-state index is 12.4. The molecule has 0 aliphatic rings. The fourth-order valence-corrected chi connectivity index (χ4v) is 3.73. The van der Waals surface area contributed by atoms with Gasteiger partial charge in [-0.1, -0.05) is 19.1 Å². The van der Waals surface area contributed by atoms with Crippen molar-refractivity contribution in [3.63, 3.8) is 0 Å². The number of nitrogens with zero attached hydrogens (tertiary/aromatic N) is 1. The molecule has 1 atom stereocenters. The van der Waals surface area contributed by atoms with Crippen LogP contribution in [-0.2, 0) is 17.6 Å². The molecule has 0 saturated heterocycles. The van der Waals surface area contributed by atoms with E-state index in [9.17, 15) is 9.59 Å². The van der Waals surface area contributed by atoms with Gasteiger partial charge in [0.25, 0.3) is 5.91 Å². The van der Waals surface area contributed by atoms with Crippen LogP contribution in [0, 0.1) is 0 Å². The van der Waals surface area contributed by atoms with E-state index in [-0.39, 0.29) is 5.91 Å². The third kappa shape index (κ3) is 5.07. The Kier molecular flexibility index (Phi) is 6.81. The Hall–Kier alpha value is -1.86. The zero-order chi connectivity index (χ0) is 17.5. The minimum atomic E-state index is -0.898. The van der Waals surface area contributed by atoms with Gasteiger partial charge in [0.2, 0.25) is 0 Å². The quantitative estimate of drug-likeness (QED) is 0.703. The number of rotatable bonds is 8. The highest BCUT2D eigenvalue weighted by atomic mass is 32.2. The highest BCUT2D eigenvalue weighted by Crippen LogP contribution is 2.27. The molecule has 128 valence electrons. The Bertz CT molecular complexity index is 715. The Labute approximate surface area is 149 Å². The first-order valence-electron chi connectivity index (χ1n) is 7.71. The summed E-state index contributed by atoms with van der Waals surface area (Å²) in [6.07, 6.45) is 1.60. The van der Waals surface area contributed by atoms with E-state index in [1.807, 2.05) is 5.38 Å². The number of carboxylic acids is 1. The number of aromatic nitrogens is 1. The summed E-state index contributed by atoms with van der Waals surface area (Å²) in [4.78, 5) is 28.5. The van der Waals surface area contributed by atoms with Crippen molar-refractivity contribution in [3.8, 4) is 0 Å². The third-order valence-corrected chi connectivity index (χ3v) is 5.56. The van der Waals surface area contributed by atoms with E-state index in [0.717, 1.165) is 17.1 Å². The summed E-state index contributed by atoms with van der Waals surface area (Å²) in [7, 11) is 0. The second kappa shape index (κ2) is 8.84. The summed E-state index contributed by atoms with van der Waals surface area (Å²) < 4.78 is 0. The van der Waals surface area contributed by atoms with Crippen molar-refractivity contribution >= 4 is 35.0 Å². The van der Waals surface area contributed by atoms with E-state index >= 15 is 0 Å². The standard InChI is InChI=1S/C17H20N2O3S2/c1-3-15-19-12(10-23-15)8-9-18-16(20)13-6-4-5-7-14(13)24-11(2)17(21)22/h4-7,10-11H,3,8-9H2,1-2H3,(H,18,20)(H,21,22). The lowest BCUT2D eigenvalue weighted by atomic mass is 10.2. The van der Waals surface area contributed by atoms with Crippen LogP contribution in [0.3, 0.4) is 0 Å². The summed E-state index contributed by atoms with van der Waals surface area (Å²) in [6, 6.07) is 7.06.